The molecule has 1 fully saturated rings. The van der Waals surface area contributed by atoms with Gasteiger partial charge in [0.2, 0.25) is 0 Å². The fourth-order valence-electron chi connectivity index (χ4n) is 2.72. The molecule has 2 rings (SSSR count). The SMILES string of the molecule is Cc1nc(NC#N)cc(N(C)CC2CCCCC2)n1. The van der Waals surface area contributed by atoms with Crippen LogP contribution in [0.15, 0.2) is 6.07 Å². The number of aryl methyl sites for hydroxylation is 1. The van der Waals surface area contributed by atoms with Gasteiger partial charge in [0.05, 0.1) is 0 Å². The average molecular weight is 259 g/mol. The highest BCUT2D eigenvalue weighted by Gasteiger charge is 2.16. The summed E-state index contributed by atoms with van der Waals surface area (Å²) in [4.78, 5) is 10.8. The molecular formula is C14H21N5. The predicted molar refractivity (Wildman–Crippen MR) is 75.8 cm³/mol. The molecule has 1 aliphatic rings. The van der Waals surface area contributed by atoms with Gasteiger partial charge in [-0.3, -0.25) is 5.32 Å². The topological polar surface area (TPSA) is 64.8 Å². The van der Waals surface area contributed by atoms with Crippen molar-refractivity contribution in [2.45, 2.75) is 39.0 Å². The summed E-state index contributed by atoms with van der Waals surface area (Å²) in [5.41, 5.74) is 0. The Labute approximate surface area is 114 Å². The van der Waals surface area contributed by atoms with E-state index in [9.17, 15) is 0 Å². The van der Waals surface area contributed by atoms with E-state index in [-0.39, 0.29) is 0 Å². The van der Waals surface area contributed by atoms with Gasteiger partial charge in [0.1, 0.15) is 17.5 Å². The zero-order chi connectivity index (χ0) is 13.7. The Balaban J connectivity index is 2.05. The van der Waals surface area contributed by atoms with Gasteiger partial charge in [0, 0.05) is 19.7 Å². The monoisotopic (exact) mass is 259 g/mol. The Morgan fingerprint density at radius 2 is 2.11 bits per heavy atom. The fourth-order valence-corrected chi connectivity index (χ4v) is 2.72. The van der Waals surface area contributed by atoms with Crippen molar-refractivity contribution >= 4 is 11.6 Å². The van der Waals surface area contributed by atoms with E-state index in [0.29, 0.717) is 11.6 Å². The number of rotatable bonds is 4. The third-order valence-electron chi connectivity index (χ3n) is 3.66. The minimum atomic E-state index is 0.570. The molecule has 0 amide bonds. The quantitative estimate of drug-likeness (QED) is 0.665. The number of hydrogen-bond donors (Lipinski definition) is 1. The standard InChI is InChI=1S/C14H21N5/c1-11-17-13(16-10-15)8-14(18-11)19(2)9-12-6-4-3-5-7-12/h8,12H,3-7,9H2,1-2H3,(H,16,17,18). The van der Waals surface area contributed by atoms with Crippen LogP contribution in [-0.2, 0) is 0 Å². The summed E-state index contributed by atoms with van der Waals surface area (Å²) in [6.07, 6.45) is 8.61. The van der Waals surface area contributed by atoms with Gasteiger partial charge in [-0.15, -0.1) is 0 Å². The maximum Gasteiger partial charge on any atom is 0.182 e. The van der Waals surface area contributed by atoms with E-state index in [1.807, 2.05) is 19.2 Å². The lowest BCUT2D eigenvalue weighted by Crippen LogP contribution is -2.27. The van der Waals surface area contributed by atoms with Crippen molar-refractivity contribution < 1.29 is 0 Å². The van der Waals surface area contributed by atoms with Crippen molar-refractivity contribution in [3.05, 3.63) is 11.9 Å². The second kappa shape index (κ2) is 6.37. The van der Waals surface area contributed by atoms with E-state index in [4.69, 9.17) is 5.26 Å². The molecular weight excluding hydrogens is 238 g/mol. The van der Waals surface area contributed by atoms with Gasteiger partial charge >= 0.3 is 0 Å². The molecule has 1 aromatic rings. The molecule has 0 radical (unpaired) electrons. The van der Waals surface area contributed by atoms with E-state index in [0.717, 1.165) is 18.3 Å². The number of anilines is 2. The lowest BCUT2D eigenvalue weighted by molar-refractivity contribution is 0.361. The molecule has 1 aliphatic carbocycles. The highest BCUT2D eigenvalue weighted by atomic mass is 15.2. The molecule has 0 aromatic carbocycles. The van der Waals surface area contributed by atoms with E-state index in [1.54, 1.807) is 0 Å². The van der Waals surface area contributed by atoms with Crippen molar-refractivity contribution in [1.29, 1.82) is 5.26 Å². The van der Waals surface area contributed by atoms with Crippen LogP contribution in [-0.4, -0.2) is 23.6 Å². The maximum absolute atomic E-state index is 8.67. The molecule has 1 heterocycles. The third kappa shape index (κ3) is 3.82. The van der Waals surface area contributed by atoms with Crippen molar-refractivity contribution in [2.24, 2.45) is 5.92 Å². The minimum absolute atomic E-state index is 0.570. The summed E-state index contributed by atoms with van der Waals surface area (Å²) >= 11 is 0. The Morgan fingerprint density at radius 3 is 2.79 bits per heavy atom. The predicted octanol–water partition coefficient (Wildman–Crippen LogP) is 2.69. The Morgan fingerprint density at radius 1 is 1.37 bits per heavy atom. The van der Waals surface area contributed by atoms with Crippen molar-refractivity contribution in [2.75, 3.05) is 23.8 Å². The molecule has 1 aromatic heterocycles. The lowest BCUT2D eigenvalue weighted by atomic mass is 9.89. The summed E-state index contributed by atoms with van der Waals surface area (Å²) in [6, 6.07) is 1.83. The minimum Gasteiger partial charge on any atom is -0.359 e. The number of hydrogen-bond acceptors (Lipinski definition) is 5. The van der Waals surface area contributed by atoms with Crippen molar-refractivity contribution in [3.63, 3.8) is 0 Å². The molecule has 19 heavy (non-hydrogen) atoms. The summed E-state index contributed by atoms with van der Waals surface area (Å²) in [7, 11) is 2.06. The molecule has 5 heteroatoms. The Hall–Kier alpha value is -1.83. The fraction of sp³-hybridized carbons (Fsp3) is 0.643. The molecule has 0 atom stereocenters. The zero-order valence-corrected chi connectivity index (χ0v) is 11.7. The van der Waals surface area contributed by atoms with Crippen LogP contribution in [0.25, 0.3) is 0 Å². The first-order valence-corrected chi connectivity index (χ1v) is 6.91. The van der Waals surface area contributed by atoms with E-state index >= 15 is 0 Å². The van der Waals surface area contributed by atoms with Gasteiger partial charge in [0.15, 0.2) is 6.19 Å². The second-order valence-corrected chi connectivity index (χ2v) is 5.28. The largest absolute Gasteiger partial charge is 0.359 e. The van der Waals surface area contributed by atoms with Crippen LogP contribution < -0.4 is 10.2 Å². The smallest absolute Gasteiger partial charge is 0.182 e. The van der Waals surface area contributed by atoms with Gasteiger partial charge in [0.25, 0.3) is 0 Å². The molecule has 0 aliphatic heterocycles. The second-order valence-electron chi connectivity index (χ2n) is 5.28. The average Bonchev–Trinajstić information content (AvgIpc) is 2.39. The van der Waals surface area contributed by atoms with E-state index in [1.165, 1.54) is 32.1 Å². The van der Waals surface area contributed by atoms with Gasteiger partial charge < -0.3 is 4.90 Å². The molecule has 0 saturated heterocycles. The van der Waals surface area contributed by atoms with Crippen LogP contribution >= 0.6 is 0 Å². The van der Waals surface area contributed by atoms with Crippen molar-refractivity contribution in [3.8, 4) is 6.19 Å². The molecule has 1 N–H and O–H groups in total. The third-order valence-corrected chi connectivity index (χ3v) is 3.66. The Bertz CT molecular complexity index is 459. The van der Waals surface area contributed by atoms with Gasteiger partial charge in [-0.2, -0.15) is 5.26 Å². The van der Waals surface area contributed by atoms with Crippen LogP contribution in [0.1, 0.15) is 37.9 Å². The van der Waals surface area contributed by atoms with Crippen LogP contribution in [0.5, 0.6) is 0 Å². The van der Waals surface area contributed by atoms with Gasteiger partial charge in [-0.05, 0) is 25.7 Å². The van der Waals surface area contributed by atoms with E-state index in [2.05, 4.69) is 27.2 Å². The summed E-state index contributed by atoms with van der Waals surface area (Å²) in [6.45, 7) is 2.88. The molecule has 102 valence electrons. The first kappa shape index (κ1) is 13.6. The zero-order valence-electron chi connectivity index (χ0n) is 11.7. The van der Waals surface area contributed by atoms with Crippen LogP contribution in [0.2, 0.25) is 0 Å². The number of nitrogens with one attached hydrogen (secondary N) is 1. The van der Waals surface area contributed by atoms with Gasteiger partial charge in [-0.1, -0.05) is 19.3 Å². The van der Waals surface area contributed by atoms with Crippen molar-refractivity contribution in [1.82, 2.24) is 9.97 Å². The summed E-state index contributed by atoms with van der Waals surface area (Å²) in [5, 5.41) is 11.2. The molecule has 0 unspecified atom stereocenters. The highest BCUT2D eigenvalue weighted by molar-refractivity contribution is 5.50. The first-order valence-electron chi connectivity index (χ1n) is 6.91. The molecule has 5 nitrogen and oxygen atoms in total. The number of nitrogens with zero attached hydrogens (tertiary/aromatic N) is 4. The van der Waals surface area contributed by atoms with Crippen LogP contribution in [0.3, 0.4) is 0 Å². The number of aromatic nitrogens is 2. The summed E-state index contributed by atoms with van der Waals surface area (Å²) < 4.78 is 0. The first-order chi connectivity index (χ1) is 9.19. The molecule has 0 bridgehead atoms. The normalized spacial score (nSPS) is 15.8. The van der Waals surface area contributed by atoms with Crippen LogP contribution in [0.4, 0.5) is 11.6 Å². The maximum atomic E-state index is 8.67. The lowest BCUT2D eigenvalue weighted by Gasteiger charge is -2.27. The molecule has 0 spiro atoms. The highest BCUT2D eigenvalue weighted by Crippen LogP contribution is 2.25. The number of nitriles is 1. The molecule has 1 saturated carbocycles. The van der Waals surface area contributed by atoms with Gasteiger partial charge in [-0.25, -0.2) is 9.97 Å². The van der Waals surface area contributed by atoms with Crippen LogP contribution in [0, 0.1) is 24.3 Å². The van der Waals surface area contributed by atoms with E-state index < -0.39 is 0 Å². The Kier molecular flexibility index (Phi) is 4.56. The summed E-state index contributed by atoms with van der Waals surface area (Å²) in [5.74, 6) is 2.91.